The average molecular weight is 444 g/mol. The molecule has 1 amide bonds. The van der Waals surface area contributed by atoms with E-state index in [4.69, 9.17) is 10.6 Å². The van der Waals surface area contributed by atoms with E-state index in [9.17, 15) is 4.79 Å². The van der Waals surface area contributed by atoms with Gasteiger partial charge >= 0.3 is 0 Å². The van der Waals surface area contributed by atoms with Gasteiger partial charge in [0, 0.05) is 29.4 Å². The molecule has 0 bridgehead atoms. The predicted octanol–water partition coefficient (Wildman–Crippen LogP) is 2.81. The molecule has 168 valence electrons. The smallest absolute Gasteiger partial charge is 0.253 e. The molecule has 5 rings (SSSR count). The van der Waals surface area contributed by atoms with Gasteiger partial charge in [-0.3, -0.25) is 4.79 Å². The Morgan fingerprint density at radius 2 is 1.88 bits per heavy atom. The van der Waals surface area contributed by atoms with Gasteiger partial charge in [-0.15, -0.1) is 5.10 Å². The van der Waals surface area contributed by atoms with E-state index in [-0.39, 0.29) is 18.0 Å². The lowest BCUT2D eigenvalue weighted by atomic mass is 9.91. The molecule has 1 saturated carbocycles. The first-order valence-corrected chi connectivity index (χ1v) is 10.9. The second-order valence-corrected chi connectivity index (χ2v) is 8.01. The van der Waals surface area contributed by atoms with Crippen molar-refractivity contribution >= 4 is 28.4 Å². The summed E-state index contributed by atoms with van der Waals surface area (Å²) < 4.78 is 0. The number of hydrogen-bond acceptors (Lipinski definition) is 8. The van der Waals surface area contributed by atoms with Crippen molar-refractivity contribution in [3.63, 3.8) is 0 Å². The Hall–Kier alpha value is -4.05. The summed E-state index contributed by atoms with van der Waals surface area (Å²) in [5.74, 6) is 0.736. The van der Waals surface area contributed by atoms with E-state index in [1.165, 1.54) is 11.2 Å². The molecular formula is C23H24N8O2. The SMILES string of the molecule is NC1CCCCC1NC(=O)c1ccc(Nc2cc(On3nnc4ccccc43)ncn2)cc1. The monoisotopic (exact) mass is 444 g/mol. The first-order valence-electron chi connectivity index (χ1n) is 10.9. The van der Waals surface area contributed by atoms with Crippen molar-refractivity contribution in [1.82, 2.24) is 30.4 Å². The van der Waals surface area contributed by atoms with Crippen molar-refractivity contribution in [1.29, 1.82) is 0 Å². The third kappa shape index (κ3) is 4.75. The fourth-order valence-corrected chi connectivity index (χ4v) is 3.90. The fraction of sp³-hybridized carbons (Fsp3) is 0.261. The zero-order chi connectivity index (χ0) is 22.6. The number of anilines is 2. The van der Waals surface area contributed by atoms with Gasteiger partial charge < -0.3 is 21.2 Å². The Balaban J connectivity index is 1.23. The highest BCUT2D eigenvalue weighted by molar-refractivity contribution is 5.94. The normalized spacial score (nSPS) is 18.1. The molecule has 1 aliphatic rings. The molecule has 2 unspecified atom stereocenters. The highest BCUT2D eigenvalue weighted by Crippen LogP contribution is 2.20. The molecule has 4 N–H and O–H groups in total. The van der Waals surface area contributed by atoms with Gasteiger partial charge in [0.1, 0.15) is 23.2 Å². The van der Waals surface area contributed by atoms with Gasteiger partial charge in [0.05, 0.1) is 0 Å². The molecule has 0 aliphatic heterocycles. The predicted molar refractivity (Wildman–Crippen MR) is 123 cm³/mol. The van der Waals surface area contributed by atoms with Crippen molar-refractivity contribution in [3.8, 4) is 5.88 Å². The molecule has 2 aromatic carbocycles. The van der Waals surface area contributed by atoms with Gasteiger partial charge in [0.25, 0.3) is 11.8 Å². The van der Waals surface area contributed by atoms with E-state index in [1.54, 1.807) is 18.2 Å². The lowest BCUT2D eigenvalue weighted by molar-refractivity contribution is 0.0921. The lowest BCUT2D eigenvalue weighted by Gasteiger charge is -2.29. The van der Waals surface area contributed by atoms with Gasteiger partial charge in [-0.05, 0) is 54.5 Å². The highest BCUT2D eigenvalue weighted by atomic mass is 16.7. The number of fused-ring (bicyclic) bond motifs is 1. The van der Waals surface area contributed by atoms with Crippen LogP contribution in [0.15, 0.2) is 60.9 Å². The van der Waals surface area contributed by atoms with E-state index in [2.05, 4.69) is 30.9 Å². The Kier molecular flexibility index (Phi) is 5.81. The highest BCUT2D eigenvalue weighted by Gasteiger charge is 2.23. The Morgan fingerprint density at radius 1 is 1.06 bits per heavy atom. The summed E-state index contributed by atoms with van der Waals surface area (Å²) in [6.45, 7) is 0. The van der Waals surface area contributed by atoms with E-state index in [1.807, 2.05) is 36.4 Å². The number of nitrogens with one attached hydrogen (secondary N) is 2. The van der Waals surface area contributed by atoms with Crippen molar-refractivity contribution in [2.45, 2.75) is 37.8 Å². The summed E-state index contributed by atoms with van der Waals surface area (Å²) in [6.07, 6.45) is 5.49. The Labute approximate surface area is 190 Å². The van der Waals surface area contributed by atoms with E-state index < -0.39 is 0 Å². The maximum atomic E-state index is 12.6. The fourth-order valence-electron chi connectivity index (χ4n) is 3.90. The molecule has 4 aromatic rings. The van der Waals surface area contributed by atoms with Gasteiger partial charge in [-0.2, -0.15) is 4.98 Å². The van der Waals surface area contributed by atoms with Crippen LogP contribution in [0, 0.1) is 0 Å². The number of hydrogen-bond donors (Lipinski definition) is 3. The van der Waals surface area contributed by atoms with Gasteiger partial charge in [-0.1, -0.05) is 29.8 Å². The first kappa shape index (κ1) is 20.8. The minimum atomic E-state index is -0.110. The van der Waals surface area contributed by atoms with Crippen LogP contribution in [0.5, 0.6) is 5.88 Å². The van der Waals surface area contributed by atoms with Crippen LogP contribution in [-0.4, -0.2) is 43.1 Å². The van der Waals surface area contributed by atoms with Gasteiger partial charge in [0.2, 0.25) is 0 Å². The third-order valence-corrected chi connectivity index (χ3v) is 5.70. The number of benzene rings is 2. The Bertz CT molecular complexity index is 1260. The maximum Gasteiger partial charge on any atom is 0.253 e. The van der Waals surface area contributed by atoms with Crippen LogP contribution in [0.1, 0.15) is 36.0 Å². The topological polar surface area (TPSA) is 133 Å². The van der Waals surface area contributed by atoms with E-state index in [0.717, 1.165) is 42.4 Å². The summed E-state index contributed by atoms with van der Waals surface area (Å²) >= 11 is 0. The molecule has 1 aliphatic carbocycles. The summed E-state index contributed by atoms with van der Waals surface area (Å²) in [5.41, 5.74) is 8.95. The molecule has 10 nitrogen and oxygen atoms in total. The van der Waals surface area contributed by atoms with E-state index in [0.29, 0.717) is 17.3 Å². The molecule has 33 heavy (non-hydrogen) atoms. The molecule has 0 saturated heterocycles. The van der Waals surface area contributed by atoms with Crippen LogP contribution in [0.3, 0.4) is 0 Å². The number of carbonyl (C=O) groups is 1. The molecular weight excluding hydrogens is 420 g/mol. The molecule has 1 fully saturated rings. The largest absolute Gasteiger partial charge is 0.348 e. The number of carbonyl (C=O) groups excluding carboxylic acids is 1. The number of amides is 1. The second-order valence-electron chi connectivity index (χ2n) is 8.01. The van der Waals surface area contributed by atoms with Crippen LogP contribution >= 0.6 is 0 Å². The average Bonchev–Trinajstić information content (AvgIpc) is 3.24. The van der Waals surface area contributed by atoms with Gasteiger partial charge in [-0.25, -0.2) is 4.98 Å². The van der Waals surface area contributed by atoms with Crippen molar-refractivity contribution < 1.29 is 9.63 Å². The maximum absolute atomic E-state index is 12.6. The second kappa shape index (κ2) is 9.21. The molecule has 2 aromatic heterocycles. The summed E-state index contributed by atoms with van der Waals surface area (Å²) in [5, 5.41) is 14.3. The molecule has 2 atom stereocenters. The number of para-hydroxylation sites is 1. The lowest BCUT2D eigenvalue weighted by Crippen LogP contribution is -2.49. The minimum Gasteiger partial charge on any atom is -0.348 e. The van der Waals surface area contributed by atoms with Crippen molar-refractivity contribution in [2.24, 2.45) is 5.73 Å². The Morgan fingerprint density at radius 3 is 2.73 bits per heavy atom. The van der Waals surface area contributed by atoms with Gasteiger partial charge in [0.15, 0.2) is 0 Å². The molecule has 0 radical (unpaired) electrons. The van der Waals surface area contributed by atoms with E-state index >= 15 is 0 Å². The summed E-state index contributed by atoms with van der Waals surface area (Å²) in [7, 11) is 0. The molecule has 2 heterocycles. The van der Waals surface area contributed by atoms with Crippen LogP contribution in [0.4, 0.5) is 11.5 Å². The molecule has 0 spiro atoms. The first-order chi connectivity index (χ1) is 16.2. The van der Waals surface area contributed by atoms with Crippen molar-refractivity contribution in [3.05, 3.63) is 66.5 Å². The minimum absolute atomic E-state index is 0.0216. The number of rotatable bonds is 6. The van der Waals surface area contributed by atoms with Crippen LogP contribution in [0.25, 0.3) is 11.0 Å². The van der Waals surface area contributed by atoms with Crippen molar-refractivity contribution in [2.75, 3.05) is 5.32 Å². The summed E-state index contributed by atoms with van der Waals surface area (Å²) in [6, 6.07) is 16.4. The number of nitrogens with two attached hydrogens (primary N) is 1. The number of aromatic nitrogens is 5. The standard InChI is InChI=1S/C23H24N8O2/c24-17-5-1-2-6-18(17)28-23(32)15-9-11-16(12-10-15)27-21-13-22(26-14-25-21)33-31-20-8-4-3-7-19(20)29-30-31/h3-4,7-14,17-18H,1-2,5-6,24H2,(H,28,32)(H,25,26,27). The summed E-state index contributed by atoms with van der Waals surface area (Å²) in [4.78, 5) is 28.0. The quantitative estimate of drug-likeness (QED) is 0.413. The van der Waals surface area contributed by atoms with Crippen LogP contribution in [-0.2, 0) is 0 Å². The zero-order valence-corrected chi connectivity index (χ0v) is 17.9. The number of nitrogens with zero attached hydrogens (tertiary/aromatic N) is 5. The molecule has 10 heteroatoms. The zero-order valence-electron chi connectivity index (χ0n) is 17.9. The van der Waals surface area contributed by atoms with Crippen LogP contribution in [0.2, 0.25) is 0 Å². The third-order valence-electron chi connectivity index (χ3n) is 5.70. The van der Waals surface area contributed by atoms with Crippen LogP contribution < -0.4 is 21.2 Å².